The first kappa shape index (κ1) is 9.88. The molecule has 0 bridgehead atoms. The largest absolute Gasteiger partial charge is 0.263 e. The van der Waals surface area contributed by atoms with Gasteiger partial charge in [0.2, 0.25) is 0 Å². The van der Waals surface area contributed by atoms with E-state index in [1.165, 1.54) is 12.1 Å². The normalized spacial score (nSPS) is 12.1. The maximum atomic E-state index is 11.1. The van der Waals surface area contributed by atoms with Crippen LogP contribution in [0.5, 0.6) is 0 Å². The highest BCUT2D eigenvalue weighted by atomic mass is 79.9. The molecule has 1 heterocycles. The van der Waals surface area contributed by atoms with Crippen LogP contribution in [0, 0.1) is 0 Å². The highest BCUT2D eigenvalue weighted by Crippen LogP contribution is 2.28. The number of halogens is 2. The molecule has 0 spiro atoms. The molecule has 14 heavy (non-hydrogen) atoms. The topological polar surface area (TPSA) is 73.1 Å². The third-order valence-corrected chi connectivity index (χ3v) is 3.59. The van der Waals surface area contributed by atoms with Crippen LogP contribution in [-0.4, -0.2) is 18.7 Å². The minimum Gasteiger partial charge on any atom is -0.243 e. The van der Waals surface area contributed by atoms with E-state index >= 15 is 0 Å². The van der Waals surface area contributed by atoms with Gasteiger partial charge in [-0.2, -0.15) is 0 Å². The molecule has 8 heteroatoms. The van der Waals surface area contributed by atoms with Crippen LogP contribution in [0.25, 0.3) is 11.0 Å². The molecule has 74 valence electrons. The third-order valence-electron chi connectivity index (χ3n) is 1.59. The average molecular weight is 298 g/mol. The summed E-state index contributed by atoms with van der Waals surface area (Å²) in [5.41, 5.74) is 0.445. The Bertz CT molecular complexity index is 594. The van der Waals surface area contributed by atoms with Gasteiger partial charge in [0.1, 0.15) is 4.90 Å². The monoisotopic (exact) mass is 296 g/mol. The summed E-state index contributed by atoms with van der Waals surface area (Å²) >= 11 is 3.18. The van der Waals surface area contributed by atoms with E-state index in [4.69, 9.17) is 10.7 Å². The molecule has 0 unspecified atom stereocenters. The molecule has 0 radical (unpaired) electrons. The lowest BCUT2D eigenvalue weighted by Crippen LogP contribution is -1.92. The predicted molar refractivity (Wildman–Crippen MR) is 52.5 cm³/mol. The molecule has 0 saturated heterocycles. The minimum absolute atomic E-state index is 0.112. The third kappa shape index (κ3) is 1.51. The molecule has 0 aliphatic carbocycles. The second-order valence-corrected chi connectivity index (χ2v) is 5.83. The van der Waals surface area contributed by atoms with E-state index in [-0.39, 0.29) is 10.4 Å². The highest BCUT2D eigenvalue weighted by Gasteiger charge is 2.19. The summed E-state index contributed by atoms with van der Waals surface area (Å²) in [7, 11) is 1.37. The molecule has 1 aromatic carbocycles. The molecule has 0 amide bonds. The number of benzene rings is 1. The summed E-state index contributed by atoms with van der Waals surface area (Å²) in [6.07, 6.45) is 0. The highest BCUT2D eigenvalue weighted by molar-refractivity contribution is 9.10. The van der Waals surface area contributed by atoms with Crippen molar-refractivity contribution in [2.75, 3.05) is 0 Å². The Hall–Kier alpha value is -0.660. The number of fused-ring (bicyclic) bond motifs is 1. The van der Waals surface area contributed by atoms with E-state index < -0.39 is 9.05 Å². The quantitative estimate of drug-likeness (QED) is 0.752. The van der Waals surface area contributed by atoms with Gasteiger partial charge >= 0.3 is 0 Å². The van der Waals surface area contributed by atoms with Crippen LogP contribution in [0.4, 0.5) is 0 Å². The van der Waals surface area contributed by atoms with Gasteiger partial charge in [0.25, 0.3) is 9.05 Å². The Balaban J connectivity index is 2.93. The van der Waals surface area contributed by atoms with Crippen molar-refractivity contribution in [3.05, 3.63) is 16.6 Å². The van der Waals surface area contributed by atoms with Gasteiger partial charge in [0, 0.05) is 15.2 Å². The van der Waals surface area contributed by atoms with Crippen LogP contribution in [0.2, 0.25) is 0 Å². The summed E-state index contributed by atoms with van der Waals surface area (Å²) in [5.74, 6) is 0. The first-order valence-electron chi connectivity index (χ1n) is 3.35. The number of hydrogen-bond acceptors (Lipinski definition) is 5. The van der Waals surface area contributed by atoms with Gasteiger partial charge in [-0.05, 0) is 38.4 Å². The van der Waals surface area contributed by atoms with E-state index in [2.05, 4.69) is 30.9 Å². The first-order chi connectivity index (χ1) is 6.50. The van der Waals surface area contributed by atoms with Crippen LogP contribution in [0.15, 0.2) is 26.1 Å². The van der Waals surface area contributed by atoms with Gasteiger partial charge in [-0.1, -0.05) is 0 Å². The van der Waals surface area contributed by atoms with E-state index in [1.807, 2.05) is 0 Å². The Morgan fingerprint density at radius 1 is 1.29 bits per heavy atom. The van der Waals surface area contributed by atoms with Gasteiger partial charge in [0.05, 0.1) is 0 Å². The van der Waals surface area contributed by atoms with Crippen molar-refractivity contribution in [2.45, 2.75) is 4.90 Å². The zero-order valence-electron chi connectivity index (χ0n) is 6.44. The average Bonchev–Trinajstić information content (AvgIpc) is 2.50. The molecular formula is C6H2BrClN2O3S. The molecule has 0 aliphatic heterocycles. The first-order valence-corrected chi connectivity index (χ1v) is 6.46. The standard InChI is InChI=1S/C6H2BrClN2O3S/c7-3-1-2-4(14(8,11)12)6-5(3)9-13-10-6/h1-2H. The smallest absolute Gasteiger partial charge is 0.243 e. The van der Waals surface area contributed by atoms with Gasteiger partial charge in [-0.3, -0.25) is 0 Å². The molecule has 0 atom stereocenters. The second-order valence-electron chi connectivity index (χ2n) is 2.44. The molecule has 0 fully saturated rings. The van der Waals surface area contributed by atoms with Crippen molar-refractivity contribution in [2.24, 2.45) is 0 Å². The Labute approximate surface area is 91.5 Å². The second kappa shape index (κ2) is 3.18. The summed E-state index contributed by atoms with van der Waals surface area (Å²) in [5, 5.41) is 7.00. The van der Waals surface area contributed by atoms with Gasteiger partial charge in [-0.25, -0.2) is 13.0 Å². The van der Waals surface area contributed by atoms with Gasteiger partial charge < -0.3 is 0 Å². The zero-order valence-corrected chi connectivity index (χ0v) is 9.60. The molecule has 2 rings (SSSR count). The van der Waals surface area contributed by atoms with Gasteiger partial charge in [-0.15, -0.1) is 0 Å². The summed E-state index contributed by atoms with van der Waals surface area (Å²) in [6.45, 7) is 0. The van der Waals surface area contributed by atoms with Crippen molar-refractivity contribution in [3.8, 4) is 0 Å². The number of hydrogen-bond donors (Lipinski definition) is 0. The van der Waals surface area contributed by atoms with E-state index in [1.54, 1.807) is 0 Å². The lowest BCUT2D eigenvalue weighted by Gasteiger charge is -1.95. The summed E-state index contributed by atoms with van der Waals surface area (Å²) < 4.78 is 27.2. The molecule has 5 nitrogen and oxygen atoms in total. The SMILES string of the molecule is O=S(=O)(Cl)c1ccc(Br)c2nonc12. The van der Waals surface area contributed by atoms with E-state index in [9.17, 15) is 8.42 Å². The predicted octanol–water partition coefficient (Wildman–Crippen LogP) is 1.91. The zero-order chi connectivity index (χ0) is 10.3. The van der Waals surface area contributed by atoms with Crippen molar-refractivity contribution in [3.63, 3.8) is 0 Å². The van der Waals surface area contributed by atoms with Crippen molar-refractivity contribution in [1.29, 1.82) is 0 Å². The lowest BCUT2D eigenvalue weighted by molar-refractivity contribution is 0.315. The fourth-order valence-electron chi connectivity index (χ4n) is 1.01. The van der Waals surface area contributed by atoms with Crippen molar-refractivity contribution < 1.29 is 13.0 Å². The number of aromatic nitrogens is 2. The van der Waals surface area contributed by atoms with Crippen LogP contribution < -0.4 is 0 Å². The van der Waals surface area contributed by atoms with E-state index in [0.29, 0.717) is 9.99 Å². The van der Waals surface area contributed by atoms with E-state index in [0.717, 1.165) is 0 Å². The van der Waals surface area contributed by atoms with Crippen LogP contribution in [-0.2, 0) is 9.05 Å². The van der Waals surface area contributed by atoms with Gasteiger partial charge in [0.15, 0.2) is 11.0 Å². The molecule has 2 aromatic rings. The molecule has 0 N–H and O–H groups in total. The molecule has 1 aromatic heterocycles. The number of rotatable bonds is 1. The van der Waals surface area contributed by atoms with Crippen LogP contribution in [0.1, 0.15) is 0 Å². The Kier molecular flexibility index (Phi) is 2.24. The van der Waals surface area contributed by atoms with Crippen molar-refractivity contribution >= 4 is 46.7 Å². The van der Waals surface area contributed by atoms with Crippen LogP contribution in [0.3, 0.4) is 0 Å². The summed E-state index contributed by atoms with van der Waals surface area (Å²) in [6, 6.07) is 2.85. The summed E-state index contributed by atoms with van der Waals surface area (Å²) in [4.78, 5) is -0.112. The minimum atomic E-state index is -3.83. The Morgan fingerprint density at radius 3 is 2.57 bits per heavy atom. The van der Waals surface area contributed by atoms with Crippen molar-refractivity contribution in [1.82, 2.24) is 10.3 Å². The molecular weight excluding hydrogens is 296 g/mol. The molecule has 0 saturated carbocycles. The maximum Gasteiger partial charge on any atom is 0.263 e. The van der Waals surface area contributed by atoms with Crippen LogP contribution >= 0.6 is 26.6 Å². The fraction of sp³-hybridized carbons (Fsp3) is 0. The number of nitrogens with zero attached hydrogens (tertiary/aromatic N) is 2. The molecule has 0 aliphatic rings. The fourth-order valence-corrected chi connectivity index (χ4v) is 2.37. The lowest BCUT2D eigenvalue weighted by atomic mass is 10.3. The Morgan fingerprint density at radius 2 is 1.93 bits per heavy atom. The maximum absolute atomic E-state index is 11.1.